The average Bonchev–Trinajstić information content (AvgIpc) is 2.20. The molecule has 0 fully saturated rings. The number of halogens is 1. The summed E-state index contributed by atoms with van der Waals surface area (Å²) in [6.07, 6.45) is 0.585. The number of hydrogen-bond acceptors (Lipinski definition) is 2. The molecule has 0 N–H and O–H groups in total. The third-order valence-electron chi connectivity index (χ3n) is 2.26. The molecule has 0 saturated carbocycles. The van der Waals surface area contributed by atoms with E-state index in [1.54, 1.807) is 6.07 Å². The first-order chi connectivity index (χ1) is 7.79. The molecule has 3 heteroatoms. The second kappa shape index (κ2) is 5.67. The number of aryl methyl sites for hydroxylation is 1. The smallest absolute Gasteiger partial charge is 0.127 e. The number of benzene rings is 1. The number of rotatable bonds is 3. The summed E-state index contributed by atoms with van der Waals surface area (Å²) < 4.78 is 18.2. The molecular formula is C14H20FNS. The maximum Gasteiger partial charge on any atom is 0.127 e. The van der Waals surface area contributed by atoms with Gasteiger partial charge in [0.05, 0.1) is 0 Å². The highest BCUT2D eigenvalue weighted by molar-refractivity contribution is 7.99. The summed E-state index contributed by atoms with van der Waals surface area (Å²) in [6, 6.07) is 5.18. The Morgan fingerprint density at radius 2 is 2.00 bits per heavy atom. The maximum absolute atomic E-state index is 13.6. The minimum absolute atomic E-state index is 0.103. The van der Waals surface area contributed by atoms with Crippen LogP contribution < -0.4 is 0 Å². The van der Waals surface area contributed by atoms with Crippen LogP contribution >= 0.6 is 11.9 Å². The minimum atomic E-state index is -0.139. The summed E-state index contributed by atoms with van der Waals surface area (Å²) in [5.41, 5.74) is 2.70. The molecule has 0 heterocycles. The number of nitrogens with zero attached hydrogens (tertiary/aromatic N) is 1. The van der Waals surface area contributed by atoms with Gasteiger partial charge in [0, 0.05) is 16.9 Å². The molecule has 1 rings (SSSR count). The van der Waals surface area contributed by atoms with Crippen molar-refractivity contribution in [1.82, 2.24) is 0 Å². The molecule has 0 amide bonds. The lowest BCUT2D eigenvalue weighted by atomic mass is 10.0. The fourth-order valence-electron chi connectivity index (χ4n) is 1.39. The molecule has 94 valence electrons. The van der Waals surface area contributed by atoms with Gasteiger partial charge in [-0.25, -0.2) is 8.79 Å². The van der Waals surface area contributed by atoms with E-state index in [1.165, 1.54) is 18.0 Å². The average molecular weight is 253 g/mol. The van der Waals surface area contributed by atoms with Crippen LogP contribution in [0.2, 0.25) is 0 Å². The molecule has 0 aliphatic heterocycles. The fraction of sp³-hybridized carbons (Fsp3) is 0.500. The van der Waals surface area contributed by atoms with Crippen molar-refractivity contribution >= 4 is 17.7 Å². The van der Waals surface area contributed by atoms with Crippen molar-refractivity contribution < 1.29 is 4.39 Å². The van der Waals surface area contributed by atoms with Crippen molar-refractivity contribution in [3.63, 3.8) is 0 Å². The van der Waals surface area contributed by atoms with Crippen molar-refractivity contribution in [3.05, 3.63) is 35.1 Å². The van der Waals surface area contributed by atoms with E-state index in [4.69, 9.17) is 0 Å². The van der Waals surface area contributed by atoms with E-state index in [1.807, 2.05) is 19.9 Å². The second-order valence-electron chi connectivity index (χ2n) is 5.24. The van der Waals surface area contributed by atoms with Gasteiger partial charge in [0.15, 0.2) is 0 Å². The SMILES string of the molecule is C/C(Cc1c(C)cccc1F)=N\SC(C)(C)C. The van der Waals surface area contributed by atoms with E-state index in [-0.39, 0.29) is 10.6 Å². The van der Waals surface area contributed by atoms with Crippen LogP contribution in [-0.2, 0) is 6.42 Å². The Kier molecular flexibility index (Phi) is 4.75. The summed E-state index contributed by atoms with van der Waals surface area (Å²) in [7, 11) is 0. The Morgan fingerprint density at radius 1 is 1.35 bits per heavy atom. The van der Waals surface area contributed by atoms with E-state index >= 15 is 0 Å². The van der Waals surface area contributed by atoms with Crippen LogP contribution in [0.3, 0.4) is 0 Å². The highest BCUT2D eigenvalue weighted by atomic mass is 32.2. The summed E-state index contributed by atoms with van der Waals surface area (Å²) in [5.74, 6) is -0.139. The van der Waals surface area contributed by atoms with Crippen molar-refractivity contribution in [2.75, 3.05) is 0 Å². The van der Waals surface area contributed by atoms with E-state index in [9.17, 15) is 4.39 Å². The quantitative estimate of drug-likeness (QED) is 0.567. The Bertz CT molecular complexity index is 398. The molecule has 0 aliphatic rings. The molecule has 0 unspecified atom stereocenters. The fourth-order valence-corrected chi connectivity index (χ4v) is 1.89. The summed E-state index contributed by atoms with van der Waals surface area (Å²) in [4.78, 5) is 0. The van der Waals surface area contributed by atoms with Gasteiger partial charge in [-0.1, -0.05) is 12.1 Å². The molecule has 1 aromatic rings. The molecule has 0 spiro atoms. The first-order valence-electron chi connectivity index (χ1n) is 5.75. The predicted octanol–water partition coefficient (Wildman–Crippen LogP) is 4.58. The van der Waals surface area contributed by atoms with Gasteiger partial charge in [0.1, 0.15) is 5.82 Å². The Morgan fingerprint density at radius 3 is 2.53 bits per heavy atom. The second-order valence-corrected chi connectivity index (χ2v) is 6.83. The Labute approximate surface area is 108 Å². The molecule has 17 heavy (non-hydrogen) atoms. The lowest BCUT2D eigenvalue weighted by Gasteiger charge is -2.14. The molecule has 1 nitrogen and oxygen atoms in total. The Hall–Kier alpha value is -0.830. The third kappa shape index (κ3) is 4.90. The van der Waals surface area contributed by atoms with Gasteiger partial charge in [0.2, 0.25) is 0 Å². The first-order valence-corrected chi connectivity index (χ1v) is 6.52. The minimum Gasteiger partial charge on any atom is -0.225 e. The van der Waals surface area contributed by atoms with Crippen LogP contribution in [0.1, 0.15) is 38.8 Å². The largest absolute Gasteiger partial charge is 0.225 e. The zero-order chi connectivity index (χ0) is 13.1. The molecule has 0 aliphatic carbocycles. The predicted molar refractivity (Wildman–Crippen MR) is 75.3 cm³/mol. The normalized spacial score (nSPS) is 12.9. The topological polar surface area (TPSA) is 12.4 Å². The summed E-state index contributed by atoms with van der Waals surface area (Å²) in [5, 5.41) is 0. The monoisotopic (exact) mass is 253 g/mol. The van der Waals surface area contributed by atoms with E-state index < -0.39 is 0 Å². The van der Waals surface area contributed by atoms with Crippen LogP contribution in [0.5, 0.6) is 0 Å². The van der Waals surface area contributed by atoms with Crippen molar-refractivity contribution in [3.8, 4) is 0 Å². The van der Waals surface area contributed by atoms with Gasteiger partial charge in [-0.15, -0.1) is 0 Å². The van der Waals surface area contributed by atoms with Crippen molar-refractivity contribution in [1.29, 1.82) is 0 Å². The third-order valence-corrected chi connectivity index (χ3v) is 3.21. The van der Waals surface area contributed by atoms with Crippen molar-refractivity contribution in [2.24, 2.45) is 4.40 Å². The van der Waals surface area contributed by atoms with Crippen LogP contribution in [-0.4, -0.2) is 10.5 Å². The van der Waals surface area contributed by atoms with Gasteiger partial charge in [-0.05, 0) is 63.8 Å². The van der Waals surface area contributed by atoms with Crippen LogP contribution in [0, 0.1) is 12.7 Å². The van der Waals surface area contributed by atoms with Gasteiger partial charge in [-0.2, -0.15) is 0 Å². The van der Waals surface area contributed by atoms with Gasteiger partial charge in [-0.3, -0.25) is 0 Å². The zero-order valence-electron chi connectivity index (χ0n) is 11.2. The number of hydrogen-bond donors (Lipinski definition) is 0. The van der Waals surface area contributed by atoms with E-state index in [0.717, 1.165) is 16.8 Å². The molecule has 0 atom stereocenters. The molecule has 1 aromatic carbocycles. The lowest BCUT2D eigenvalue weighted by molar-refractivity contribution is 0.614. The van der Waals surface area contributed by atoms with Gasteiger partial charge in [0.25, 0.3) is 0 Å². The molecule has 0 bridgehead atoms. The summed E-state index contributed by atoms with van der Waals surface area (Å²) >= 11 is 1.54. The standard InChI is InChI=1S/C14H20FNS/c1-10-7-6-8-13(15)12(10)9-11(2)16-17-14(3,4)5/h6-8H,9H2,1-5H3/b16-11+. The van der Waals surface area contributed by atoms with Crippen molar-refractivity contribution in [2.45, 2.75) is 45.8 Å². The molecule has 0 aromatic heterocycles. The first kappa shape index (κ1) is 14.2. The zero-order valence-corrected chi connectivity index (χ0v) is 12.0. The Balaban J connectivity index is 2.78. The van der Waals surface area contributed by atoms with Gasteiger partial charge < -0.3 is 0 Å². The molecular weight excluding hydrogens is 233 g/mol. The van der Waals surface area contributed by atoms with Crippen LogP contribution in [0.4, 0.5) is 4.39 Å². The molecule has 0 radical (unpaired) electrons. The maximum atomic E-state index is 13.6. The van der Waals surface area contributed by atoms with Gasteiger partial charge >= 0.3 is 0 Å². The summed E-state index contributed by atoms with van der Waals surface area (Å²) in [6.45, 7) is 10.2. The highest BCUT2D eigenvalue weighted by Gasteiger charge is 2.11. The van der Waals surface area contributed by atoms with E-state index in [2.05, 4.69) is 25.2 Å². The highest BCUT2D eigenvalue weighted by Crippen LogP contribution is 2.25. The van der Waals surface area contributed by atoms with Crippen LogP contribution in [0.15, 0.2) is 22.6 Å². The van der Waals surface area contributed by atoms with Crippen LogP contribution in [0.25, 0.3) is 0 Å². The molecule has 0 saturated heterocycles. The lowest BCUT2D eigenvalue weighted by Crippen LogP contribution is -2.07. The van der Waals surface area contributed by atoms with E-state index in [0.29, 0.717) is 6.42 Å².